The lowest BCUT2D eigenvalue weighted by Gasteiger charge is -2.27. The van der Waals surface area contributed by atoms with Crippen molar-refractivity contribution in [3.63, 3.8) is 0 Å². The van der Waals surface area contributed by atoms with E-state index in [1.165, 1.54) is 25.3 Å². The number of esters is 1. The van der Waals surface area contributed by atoms with Gasteiger partial charge in [-0.15, -0.1) is 0 Å². The Hall–Kier alpha value is -3.28. The van der Waals surface area contributed by atoms with Crippen LogP contribution in [0, 0.1) is 23.4 Å². The van der Waals surface area contributed by atoms with Crippen LogP contribution in [0.5, 0.6) is 11.5 Å². The summed E-state index contributed by atoms with van der Waals surface area (Å²) in [5, 5.41) is 0. The van der Waals surface area contributed by atoms with Crippen LogP contribution in [0.2, 0.25) is 0 Å². The smallest absolute Gasteiger partial charge is 0.314 e. The highest BCUT2D eigenvalue weighted by Gasteiger charge is 2.30. The zero-order chi connectivity index (χ0) is 24.2. The summed E-state index contributed by atoms with van der Waals surface area (Å²) in [5.74, 6) is -3.70. The van der Waals surface area contributed by atoms with Crippen LogP contribution in [0.25, 0.3) is 11.1 Å². The first-order valence-corrected chi connectivity index (χ1v) is 11.5. The number of benzene rings is 3. The van der Waals surface area contributed by atoms with E-state index in [1.54, 1.807) is 18.2 Å². The van der Waals surface area contributed by atoms with E-state index in [1.807, 2.05) is 25.1 Å². The number of halogens is 3. The van der Waals surface area contributed by atoms with Gasteiger partial charge in [0.05, 0.1) is 13.0 Å². The van der Waals surface area contributed by atoms with E-state index < -0.39 is 35.1 Å². The van der Waals surface area contributed by atoms with Crippen molar-refractivity contribution in [1.29, 1.82) is 0 Å². The van der Waals surface area contributed by atoms with Crippen molar-refractivity contribution in [1.82, 2.24) is 0 Å². The number of rotatable bonds is 6. The van der Waals surface area contributed by atoms with E-state index in [2.05, 4.69) is 0 Å². The van der Waals surface area contributed by atoms with Crippen molar-refractivity contribution in [2.45, 2.75) is 44.9 Å². The molecule has 3 aromatic carbocycles. The molecule has 0 aromatic heterocycles. The Morgan fingerprint density at radius 3 is 2.18 bits per heavy atom. The first kappa shape index (κ1) is 23.9. The molecule has 4 rings (SSSR count). The quantitative estimate of drug-likeness (QED) is 0.283. The predicted molar refractivity (Wildman–Crippen MR) is 124 cm³/mol. The Bertz CT molecular complexity index is 1170. The van der Waals surface area contributed by atoms with Crippen molar-refractivity contribution < 1.29 is 27.4 Å². The molecule has 0 unspecified atom stereocenters. The third-order valence-corrected chi connectivity index (χ3v) is 6.64. The van der Waals surface area contributed by atoms with E-state index in [4.69, 9.17) is 9.47 Å². The van der Waals surface area contributed by atoms with Crippen molar-refractivity contribution in [3.8, 4) is 22.6 Å². The molecule has 34 heavy (non-hydrogen) atoms. The van der Waals surface area contributed by atoms with Crippen LogP contribution in [0.15, 0.2) is 54.6 Å². The third-order valence-electron chi connectivity index (χ3n) is 6.64. The Labute approximate surface area is 197 Å². The molecule has 1 fully saturated rings. The van der Waals surface area contributed by atoms with E-state index in [0.717, 1.165) is 17.5 Å². The molecule has 0 bridgehead atoms. The molecule has 0 heterocycles. The van der Waals surface area contributed by atoms with Gasteiger partial charge < -0.3 is 9.47 Å². The molecule has 1 aliphatic rings. The van der Waals surface area contributed by atoms with E-state index >= 15 is 0 Å². The molecular formula is C28H27F3O3. The molecule has 0 aliphatic heterocycles. The van der Waals surface area contributed by atoms with Gasteiger partial charge in [-0.25, -0.2) is 8.78 Å². The maximum atomic E-state index is 14.7. The summed E-state index contributed by atoms with van der Waals surface area (Å²) in [7, 11) is 1.42. The first-order chi connectivity index (χ1) is 16.4. The van der Waals surface area contributed by atoms with Crippen molar-refractivity contribution >= 4 is 5.97 Å². The number of methoxy groups -OCH3 is 1. The lowest BCUT2D eigenvalue weighted by atomic mass is 9.78. The molecule has 6 heteroatoms. The Morgan fingerprint density at radius 2 is 1.56 bits per heavy atom. The maximum Gasteiger partial charge on any atom is 0.314 e. The summed E-state index contributed by atoms with van der Waals surface area (Å²) < 4.78 is 53.7. The first-order valence-electron chi connectivity index (χ1n) is 11.5. The summed E-state index contributed by atoms with van der Waals surface area (Å²) in [6, 6.07) is 14.9. The number of carbonyl (C=O) groups excluding carboxylic acids is 1. The summed E-state index contributed by atoms with van der Waals surface area (Å²) >= 11 is 0. The van der Waals surface area contributed by atoms with Gasteiger partial charge in [0.1, 0.15) is 0 Å². The number of aryl methyl sites for hydroxylation is 1. The Balaban J connectivity index is 1.40. The van der Waals surface area contributed by atoms with Crippen LogP contribution in [0.1, 0.15) is 49.7 Å². The molecule has 1 aliphatic carbocycles. The molecule has 178 valence electrons. The fourth-order valence-corrected chi connectivity index (χ4v) is 4.54. The second kappa shape index (κ2) is 10.3. The largest absolute Gasteiger partial charge is 0.494 e. The summed E-state index contributed by atoms with van der Waals surface area (Å²) in [5.41, 5.74) is 2.63. The monoisotopic (exact) mass is 468 g/mol. The van der Waals surface area contributed by atoms with Crippen molar-refractivity contribution in [3.05, 3.63) is 83.2 Å². The third kappa shape index (κ3) is 4.96. The van der Waals surface area contributed by atoms with Gasteiger partial charge in [0, 0.05) is 5.56 Å². The zero-order valence-corrected chi connectivity index (χ0v) is 19.2. The average Bonchev–Trinajstić information content (AvgIpc) is 2.87. The minimum atomic E-state index is -1.17. The fourth-order valence-electron chi connectivity index (χ4n) is 4.54. The highest BCUT2D eigenvalue weighted by molar-refractivity contribution is 5.76. The second-order valence-corrected chi connectivity index (χ2v) is 8.65. The van der Waals surface area contributed by atoms with Crippen LogP contribution in [0.4, 0.5) is 13.2 Å². The summed E-state index contributed by atoms with van der Waals surface area (Å²) in [6.07, 6.45) is 3.27. The second-order valence-electron chi connectivity index (χ2n) is 8.65. The normalized spacial score (nSPS) is 17.9. The molecule has 0 saturated heterocycles. The molecule has 0 N–H and O–H groups in total. The summed E-state index contributed by atoms with van der Waals surface area (Å²) in [4.78, 5) is 12.6. The number of hydrogen-bond acceptors (Lipinski definition) is 3. The minimum Gasteiger partial charge on any atom is -0.494 e. The van der Waals surface area contributed by atoms with Gasteiger partial charge in [0.15, 0.2) is 23.1 Å². The van der Waals surface area contributed by atoms with E-state index in [9.17, 15) is 18.0 Å². The minimum absolute atomic E-state index is 0.118. The number of hydrogen-bond donors (Lipinski definition) is 0. The molecule has 0 atom stereocenters. The van der Waals surface area contributed by atoms with E-state index in [0.29, 0.717) is 31.2 Å². The standard InChI is InChI=1S/C28H27F3O3/c1-3-17-4-6-19(7-5-17)22-13-15-25(27(31)26(22)30)34-28(32)20-10-8-18(9-11-20)21-12-14-24(33-2)23(29)16-21/h4-7,12-16,18,20H,3,8-11H2,1-2H3. The maximum absolute atomic E-state index is 14.7. The molecule has 3 aromatic rings. The van der Waals surface area contributed by atoms with E-state index in [-0.39, 0.29) is 17.2 Å². The van der Waals surface area contributed by atoms with Crippen molar-refractivity contribution in [2.24, 2.45) is 5.92 Å². The van der Waals surface area contributed by atoms with Crippen molar-refractivity contribution in [2.75, 3.05) is 7.11 Å². The molecule has 0 spiro atoms. The van der Waals surface area contributed by atoms with Gasteiger partial charge in [-0.2, -0.15) is 4.39 Å². The number of ether oxygens (including phenoxy) is 2. The van der Waals surface area contributed by atoms with Gasteiger partial charge in [0.25, 0.3) is 0 Å². The Kier molecular flexibility index (Phi) is 7.25. The van der Waals surface area contributed by atoms with Gasteiger partial charge in [0.2, 0.25) is 5.82 Å². The number of carbonyl (C=O) groups is 1. The highest BCUT2D eigenvalue weighted by Crippen LogP contribution is 2.38. The Morgan fingerprint density at radius 1 is 0.882 bits per heavy atom. The zero-order valence-electron chi connectivity index (χ0n) is 19.2. The molecular weight excluding hydrogens is 441 g/mol. The molecule has 0 radical (unpaired) electrons. The van der Waals surface area contributed by atoms with Gasteiger partial charge >= 0.3 is 5.97 Å². The SMILES string of the molecule is CCc1ccc(-c2ccc(OC(=O)C3CCC(c4ccc(OC)c(F)c4)CC3)c(F)c2F)cc1. The van der Waals surface area contributed by atoms with Crippen LogP contribution < -0.4 is 9.47 Å². The fraction of sp³-hybridized carbons (Fsp3) is 0.321. The molecule has 3 nitrogen and oxygen atoms in total. The lowest BCUT2D eigenvalue weighted by Crippen LogP contribution is -2.25. The molecule has 1 saturated carbocycles. The highest BCUT2D eigenvalue weighted by atomic mass is 19.2. The summed E-state index contributed by atoms with van der Waals surface area (Å²) in [6.45, 7) is 2.02. The predicted octanol–water partition coefficient (Wildman–Crippen LogP) is 7.22. The topological polar surface area (TPSA) is 35.5 Å². The van der Waals surface area contributed by atoms with Crippen LogP contribution in [-0.2, 0) is 11.2 Å². The van der Waals surface area contributed by atoms with Gasteiger partial charge in [-0.1, -0.05) is 37.3 Å². The van der Waals surface area contributed by atoms with Crippen LogP contribution in [-0.4, -0.2) is 13.1 Å². The lowest BCUT2D eigenvalue weighted by molar-refractivity contribution is -0.140. The van der Waals surface area contributed by atoms with Gasteiger partial charge in [-0.3, -0.25) is 4.79 Å². The molecule has 0 amide bonds. The average molecular weight is 469 g/mol. The van der Waals surface area contributed by atoms with Crippen LogP contribution in [0.3, 0.4) is 0 Å². The van der Waals surface area contributed by atoms with Crippen LogP contribution >= 0.6 is 0 Å². The van der Waals surface area contributed by atoms with Gasteiger partial charge in [-0.05, 0) is 79.0 Å².